The molecule has 0 bridgehead atoms. The Morgan fingerprint density at radius 2 is 2.00 bits per heavy atom. The molecule has 0 unspecified atom stereocenters. The minimum atomic E-state index is -0.384. The molecule has 2 aliphatic rings. The number of nitrogens with zero attached hydrogens (tertiary/aromatic N) is 4. The predicted octanol–water partition coefficient (Wildman–Crippen LogP) is 2.81. The topological polar surface area (TPSA) is 49.3 Å². The fraction of sp³-hybridized carbons (Fsp3) is 0.421. The van der Waals surface area contributed by atoms with Gasteiger partial charge in [0.05, 0.1) is 6.20 Å². The Kier molecular flexibility index (Phi) is 4.34. The Morgan fingerprint density at radius 3 is 2.80 bits per heavy atom. The van der Waals surface area contributed by atoms with Crippen molar-refractivity contribution < 1.29 is 9.18 Å². The zero-order valence-electron chi connectivity index (χ0n) is 14.1. The third-order valence-electron chi connectivity index (χ3n) is 5.21. The summed E-state index contributed by atoms with van der Waals surface area (Å²) >= 11 is 0. The molecule has 0 N–H and O–H groups in total. The van der Waals surface area contributed by atoms with Gasteiger partial charge in [-0.2, -0.15) is 0 Å². The van der Waals surface area contributed by atoms with Crippen molar-refractivity contribution in [2.24, 2.45) is 5.92 Å². The molecule has 0 atom stereocenters. The first-order valence-corrected chi connectivity index (χ1v) is 8.81. The Bertz CT molecular complexity index is 774. The van der Waals surface area contributed by atoms with E-state index in [4.69, 9.17) is 0 Å². The molecule has 1 amide bonds. The van der Waals surface area contributed by atoms with Gasteiger partial charge >= 0.3 is 0 Å². The molecule has 2 aliphatic heterocycles. The molecule has 130 valence electrons. The lowest BCUT2D eigenvalue weighted by molar-refractivity contribution is -0.119. The standard InChI is InChI=1S/C19H21FN4O/c20-16-12-21-13-22-19(16)23-8-5-14(6-9-23)11-18(25)24-10-7-15-3-1-2-4-17(15)24/h1-4,12-14H,5-11H2. The number of aromatic nitrogens is 2. The lowest BCUT2D eigenvalue weighted by Gasteiger charge is -2.33. The number of carbonyl (C=O) groups excluding carboxylic acids is 1. The van der Waals surface area contributed by atoms with Crippen LogP contribution in [-0.2, 0) is 11.2 Å². The zero-order chi connectivity index (χ0) is 17.2. The van der Waals surface area contributed by atoms with Crippen molar-refractivity contribution >= 4 is 17.4 Å². The normalized spacial score (nSPS) is 17.6. The summed E-state index contributed by atoms with van der Waals surface area (Å²) in [6.45, 7) is 2.23. The van der Waals surface area contributed by atoms with Gasteiger partial charge in [0.15, 0.2) is 11.6 Å². The molecule has 0 aliphatic carbocycles. The van der Waals surface area contributed by atoms with E-state index in [0.29, 0.717) is 18.2 Å². The van der Waals surface area contributed by atoms with Crippen LogP contribution in [-0.4, -0.2) is 35.5 Å². The largest absolute Gasteiger partial charge is 0.354 e. The van der Waals surface area contributed by atoms with Crippen LogP contribution in [0.5, 0.6) is 0 Å². The van der Waals surface area contributed by atoms with Gasteiger partial charge < -0.3 is 9.80 Å². The van der Waals surface area contributed by atoms with Gasteiger partial charge in [-0.25, -0.2) is 14.4 Å². The van der Waals surface area contributed by atoms with Gasteiger partial charge in [-0.1, -0.05) is 18.2 Å². The fourth-order valence-corrected chi connectivity index (χ4v) is 3.84. The van der Waals surface area contributed by atoms with Gasteiger partial charge in [0, 0.05) is 31.7 Å². The van der Waals surface area contributed by atoms with Crippen molar-refractivity contribution in [3.8, 4) is 0 Å². The highest BCUT2D eigenvalue weighted by atomic mass is 19.1. The van der Waals surface area contributed by atoms with Gasteiger partial charge in [-0.3, -0.25) is 4.79 Å². The van der Waals surface area contributed by atoms with Crippen LogP contribution in [0.1, 0.15) is 24.8 Å². The smallest absolute Gasteiger partial charge is 0.227 e. The van der Waals surface area contributed by atoms with Crippen molar-refractivity contribution in [3.63, 3.8) is 0 Å². The number of piperidine rings is 1. The monoisotopic (exact) mass is 340 g/mol. The van der Waals surface area contributed by atoms with Gasteiger partial charge in [0.2, 0.25) is 5.91 Å². The second kappa shape index (κ2) is 6.78. The number of halogens is 1. The molecule has 5 nitrogen and oxygen atoms in total. The Hall–Kier alpha value is -2.50. The first-order chi connectivity index (χ1) is 12.2. The summed E-state index contributed by atoms with van der Waals surface area (Å²) in [5.41, 5.74) is 2.32. The van der Waals surface area contributed by atoms with Gasteiger partial charge in [0.25, 0.3) is 0 Å². The van der Waals surface area contributed by atoms with Crippen molar-refractivity contribution in [2.75, 3.05) is 29.4 Å². The third-order valence-corrected chi connectivity index (χ3v) is 5.21. The third kappa shape index (κ3) is 3.21. The maximum Gasteiger partial charge on any atom is 0.227 e. The molecule has 6 heteroatoms. The SMILES string of the molecule is O=C(CC1CCN(c2ncncc2F)CC1)N1CCc2ccccc21. The average Bonchev–Trinajstić information content (AvgIpc) is 3.07. The second-order valence-electron chi connectivity index (χ2n) is 6.75. The lowest BCUT2D eigenvalue weighted by Crippen LogP contribution is -2.37. The van der Waals surface area contributed by atoms with E-state index in [1.54, 1.807) is 0 Å². The minimum absolute atomic E-state index is 0.205. The molecule has 0 radical (unpaired) electrons. The van der Waals surface area contributed by atoms with Gasteiger partial charge in [-0.05, 0) is 36.8 Å². The van der Waals surface area contributed by atoms with Crippen molar-refractivity contribution in [1.29, 1.82) is 0 Å². The van der Waals surface area contributed by atoms with Crippen LogP contribution in [0.4, 0.5) is 15.9 Å². The van der Waals surface area contributed by atoms with Crippen LogP contribution in [0, 0.1) is 11.7 Å². The number of benzene rings is 1. The van der Waals surface area contributed by atoms with E-state index in [2.05, 4.69) is 16.0 Å². The number of rotatable bonds is 3. The molecule has 1 fully saturated rings. The van der Waals surface area contributed by atoms with Crippen LogP contribution >= 0.6 is 0 Å². The van der Waals surface area contributed by atoms with Crippen LogP contribution < -0.4 is 9.80 Å². The van der Waals surface area contributed by atoms with E-state index in [0.717, 1.165) is 44.6 Å². The first-order valence-electron chi connectivity index (χ1n) is 8.81. The summed E-state index contributed by atoms with van der Waals surface area (Å²) in [5.74, 6) is 0.539. The zero-order valence-corrected chi connectivity index (χ0v) is 14.1. The van der Waals surface area contributed by atoms with E-state index < -0.39 is 0 Å². The average molecular weight is 340 g/mol. The summed E-state index contributed by atoms with van der Waals surface area (Å²) in [6, 6.07) is 8.13. The van der Waals surface area contributed by atoms with E-state index in [9.17, 15) is 9.18 Å². The summed E-state index contributed by atoms with van der Waals surface area (Å²) in [7, 11) is 0. The molecule has 1 aromatic heterocycles. The number of para-hydroxylation sites is 1. The van der Waals surface area contributed by atoms with Gasteiger partial charge in [0.1, 0.15) is 6.33 Å². The van der Waals surface area contributed by atoms with E-state index in [1.165, 1.54) is 18.1 Å². The number of amides is 1. The molecule has 0 spiro atoms. The summed E-state index contributed by atoms with van der Waals surface area (Å²) in [4.78, 5) is 24.3. The first kappa shape index (κ1) is 16.0. The van der Waals surface area contributed by atoms with E-state index >= 15 is 0 Å². The van der Waals surface area contributed by atoms with Crippen LogP contribution in [0.3, 0.4) is 0 Å². The van der Waals surface area contributed by atoms with Crippen LogP contribution in [0.25, 0.3) is 0 Å². The summed E-state index contributed by atoms with van der Waals surface area (Å²) in [6.07, 6.45) is 5.83. The number of hydrogen-bond acceptors (Lipinski definition) is 4. The number of carbonyl (C=O) groups is 1. The summed E-state index contributed by atoms with van der Waals surface area (Å²) < 4.78 is 13.8. The van der Waals surface area contributed by atoms with Crippen molar-refractivity contribution in [2.45, 2.75) is 25.7 Å². The number of hydrogen-bond donors (Lipinski definition) is 0. The molecule has 2 aromatic rings. The van der Waals surface area contributed by atoms with Crippen LogP contribution in [0.2, 0.25) is 0 Å². The number of anilines is 2. The number of fused-ring (bicyclic) bond motifs is 1. The van der Waals surface area contributed by atoms with Crippen LogP contribution in [0.15, 0.2) is 36.8 Å². The quantitative estimate of drug-likeness (QED) is 0.862. The second-order valence-corrected chi connectivity index (χ2v) is 6.75. The van der Waals surface area contributed by atoms with Gasteiger partial charge in [-0.15, -0.1) is 0 Å². The van der Waals surface area contributed by atoms with Crippen molar-refractivity contribution in [3.05, 3.63) is 48.2 Å². The molecule has 0 saturated carbocycles. The molecule has 4 rings (SSSR count). The molecule has 1 saturated heterocycles. The molecule has 1 aromatic carbocycles. The maximum absolute atomic E-state index is 13.8. The van der Waals surface area contributed by atoms with E-state index in [-0.39, 0.29) is 11.7 Å². The highest BCUT2D eigenvalue weighted by Gasteiger charge is 2.28. The molecule has 3 heterocycles. The highest BCUT2D eigenvalue weighted by Crippen LogP contribution is 2.30. The minimum Gasteiger partial charge on any atom is -0.354 e. The van der Waals surface area contributed by atoms with Crippen molar-refractivity contribution in [1.82, 2.24) is 9.97 Å². The molecular weight excluding hydrogens is 319 g/mol. The molecular formula is C19H21FN4O. The maximum atomic E-state index is 13.8. The highest BCUT2D eigenvalue weighted by molar-refractivity contribution is 5.95. The Morgan fingerprint density at radius 1 is 1.20 bits per heavy atom. The summed E-state index contributed by atoms with van der Waals surface area (Å²) in [5, 5.41) is 0. The lowest BCUT2D eigenvalue weighted by atomic mass is 9.93. The molecule has 25 heavy (non-hydrogen) atoms. The Labute approximate surface area is 146 Å². The predicted molar refractivity (Wildman–Crippen MR) is 94.0 cm³/mol. The Balaban J connectivity index is 1.35. The van der Waals surface area contributed by atoms with E-state index in [1.807, 2.05) is 28.0 Å². The fourth-order valence-electron chi connectivity index (χ4n) is 3.84.